The van der Waals surface area contributed by atoms with Crippen LogP contribution in [0.2, 0.25) is 0 Å². The predicted octanol–water partition coefficient (Wildman–Crippen LogP) is 1.32. The van der Waals surface area contributed by atoms with Gasteiger partial charge >= 0.3 is 0 Å². The van der Waals surface area contributed by atoms with Crippen LogP contribution in [-0.4, -0.2) is 31.7 Å². The molecule has 18 heavy (non-hydrogen) atoms. The van der Waals surface area contributed by atoms with Crippen molar-refractivity contribution in [3.63, 3.8) is 0 Å². The maximum atomic E-state index is 11.6. The van der Waals surface area contributed by atoms with Crippen molar-refractivity contribution in [2.45, 2.75) is 26.0 Å². The number of nitrogens with one attached hydrogen (secondary N) is 2. The third-order valence-corrected chi connectivity index (χ3v) is 2.72. The van der Waals surface area contributed by atoms with Crippen LogP contribution < -0.4 is 10.6 Å². The van der Waals surface area contributed by atoms with Crippen LogP contribution in [0.1, 0.15) is 19.4 Å². The van der Waals surface area contributed by atoms with E-state index in [2.05, 4.69) is 10.6 Å². The topological polar surface area (TPSA) is 50.4 Å². The summed E-state index contributed by atoms with van der Waals surface area (Å²) in [5.41, 5.74) is 0.850. The van der Waals surface area contributed by atoms with Gasteiger partial charge in [-0.15, -0.1) is 0 Å². The normalized spacial score (nSPS) is 11.3. The molecule has 0 aliphatic heterocycles. The van der Waals surface area contributed by atoms with E-state index in [1.165, 1.54) is 0 Å². The van der Waals surface area contributed by atoms with E-state index in [-0.39, 0.29) is 11.5 Å². The average Bonchev–Trinajstić information content (AvgIpc) is 2.37. The molecule has 0 heterocycles. The highest BCUT2D eigenvalue weighted by molar-refractivity contribution is 5.77. The first kappa shape index (κ1) is 14.7. The van der Waals surface area contributed by atoms with E-state index in [0.29, 0.717) is 19.6 Å². The molecule has 1 aromatic rings. The van der Waals surface area contributed by atoms with Crippen LogP contribution in [0.25, 0.3) is 0 Å². The Morgan fingerprint density at radius 2 is 1.94 bits per heavy atom. The van der Waals surface area contributed by atoms with Crippen molar-refractivity contribution >= 4 is 5.91 Å². The molecule has 0 aromatic heterocycles. The van der Waals surface area contributed by atoms with Gasteiger partial charge in [-0.3, -0.25) is 4.79 Å². The van der Waals surface area contributed by atoms with E-state index in [1.807, 2.05) is 44.2 Å². The Labute approximate surface area is 109 Å². The molecule has 0 fully saturated rings. The van der Waals surface area contributed by atoms with Crippen LogP contribution in [0.5, 0.6) is 0 Å². The maximum absolute atomic E-state index is 11.6. The molecular formula is C14H22N2O2. The van der Waals surface area contributed by atoms with Crippen molar-refractivity contribution in [1.29, 1.82) is 0 Å². The summed E-state index contributed by atoms with van der Waals surface area (Å²) < 4.78 is 5.25. The summed E-state index contributed by atoms with van der Waals surface area (Å²) >= 11 is 0. The molecule has 0 bridgehead atoms. The summed E-state index contributed by atoms with van der Waals surface area (Å²) in [4.78, 5) is 11.6. The molecule has 4 nitrogen and oxygen atoms in total. The number of hydrogen-bond donors (Lipinski definition) is 2. The van der Waals surface area contributed by atoms with Crippen molar-refractivity contribution < 1.29 is 9.53 Å². The van der Waals surface area contributed by atoms with Crippen LogP contribution in [0.4, 0.5) is 0 Å². The van der Waals surface area contributed by atoms with Crippen molar-refractivity contribution in [1.82, 2.24) is 10.6 Å². The zero-order valence-corrected chi connectivity index (χ0v) is 11.3. The van der Waals surface area contributed by atoms with Gasteiger partial charge in [0.2, 0.25) is 5.91 Å². The third kappa shape index (κ3) is 5.80. The van der Waals surface area contributed by atoms with Crippen molar-refractivity contribution in [3.05, 3.63) is 35.9 Å². The molecule has 1 rings (SSSR count). The SMILES string of the molecule is COC(C)(C)CNCC(=O)NCc1ccccc1. The quantitative estimate of drug-likeness (QED) is 0.767. The second-order valence-corrected chi connectivity index (χ2v) is 4.83. The molecule has 0 spiro atoms. The zero-order chi connectivity index (χ0) is 13.4. The molecule has 4 heteroatoms. The molecule has 0 atom stereocenters. The maximum Gasteiger partial charge on any atom is 0.234 e. The Kier molecular flexibility index (Phi) is 5.82. The molecular weight excluding hydrogens is 228 g/mol. The van der Waals surface area contributed by atoms with Crippen molar-refractivity contribution in [3.8, 4) is 0 Å². The fraction of sp³-hybridized carbons (Fsp3) is 0.500. The van der Waals surface area contributed by atoms with Crippen LogP contribution in [0, 0.1) is 0 Å². The van der Waals surface area contributed by atoms with Crippen molar-refractivity contribution in [2.24, 2.45) is 0 Å². The van der Waals surface area contributed by atoms with Gasteiger partial charge in [-0.25, -0.2) is 0 Å². The predicted molar refractivity (Wildman–Crippen MR) is 72.2 cm³/mol. The lowest BCUT2D eigenvalue weighted by atomic mass is 10.1. The first-order valence-electron chi connectivity index (χ1n) is 6.10. The third-order valence-electron chi connectivity index (χ3n) is 2.72. The van der Waals surface area contributed by atoms with Crippen LogP contribution in [-0.2, 0) is 16.1 Å². The number of carbonyl (C=O) groups is 1. The monoisotopic (exact) mass is 250 g/mol. The molecule has 2 N–H and O–H groups in total. The van der Waals surface area contributed by atoms with E-state index in [0.717, 1.165) is 5.56 Å². The standard InChI is InChI=1S/C14H22N2O2/c1-14(2,18-3)11-15-10-13(17)16-9-12-7-5-4-6-8-12/h4-8,15H,9-11H2,1-3H3,(H,16,17). The number of methoxy groups -OCH3 is 1. The van der Waals surface area contributed by atoms with E-state index in [9.17, 15) is 4.79 Å². The fourth-order valence-electron chi connectivity index (χ4n) is 1.41. The first-order chi connectivity index (χ1) is 8.53. The number of ether oxygens (including phenoxy) is 1. The molecule has 0 aliphatic carbocycles. The minimum atomic E-state index is -0.250. The highest BCUT2D eigenvalue weighted by atomic mass is 16.5. The molecule has 0 radical (unpaired) electrons. The Morgan fingerprint density at radius 1 is 1.28 bits per heavy atom. The largest absolute Gasteiger partial charge is 0.377 e. The van der Waals surface area contributed by atoms with Gasteiger partial charge in [-0.2, -0.15) is 0 Å². The lowest BCUT2D eigenvalue weighted by Crippen LogP contribution is -2.41. The second-order valence-electron chi connectivity index (χ2n) is 4.83. The summed E-state index contributed by atoms with van der Waals surface area (Å²) in [6.07, 6.45) is 0. The summed E-state index contributed by atoms with van der Waals surface area (Å²) in [6.45, 7) is 5.46. The van der Waals surface area contributed by atoms with Gasteiger partial charge in [-0.05, 0) is 19.4 Å². The molecule has 100 valence electrons. The molecule has 0 unspecified atom stereocenters. The Bertz CT molecular complexity index is 363. The zero-order valence-electron chi connectivity index (χ0n) is 11.3. The molecule has 1 aromatic carbocycles. The van der Waals surface area contributed by atoms with Gasteiger partial charge in [0.25, 0.3) is 0 Å². The average molecular weight is 250 g/mol. The minimum Gasteiger partial charge on any atom is -0.377 e. The first-order valence-corrected chi connectivity index (χ1v) is 6.10. The van der Waals surface area contributed by atoms with E-state index < -0.39 is 0 Å². The number of hydrogen-bond acceptors (Lipinski definition) is 3. The summed E-state index contributed by atoms with van der Waals surface area (Å²) in [7, 11) is 1.66. The Balaban J connectivity index is 2.19. The number of carbonyl (C=O) groups excluding carboxylic acids is 1. The van der Waals surface area contributed by atoms with Gasteiger partial charge in [0, 0.05) is 20.2 Å². The fourth-order valence-corrected chi connectivity index (χ4v) is 1.41. The van der Waals surface area contributed by atoms with Crippen molar-refractivity contribution in [2.75, 3.05) is 20.2 Å². The Hall–Kier alpha value is -1.39. The molecule has 0 saturated heterocycles. The van der Waals surface area contributed by atoms with E-state index in [1.54, 1.807) is 7.11 Å². The highest BCUT2D eigenvalue weighted by Gasteiger charge is 2.15. The highest BCUT2D eigenvalue weighted by Crippen LogP contribution is 2.04. The molecule has 0 saturated carbocycles. The minimum absolute atomic E-state index is 0.00856. The van der Waals surface area contributed by atoms with Crippen LogP contribution in [0.15, 0.2) is 30.3 Å². The summed E-state index contributed by atoms with van der Waals surface area (Å²) in [6, 6.07) is 9.85. The van der Waals surface area contributed by atoms with Gasteiger partial charge in [0.1, 0.15) is 0 Å². The lowest BCUT2D eigenvalue weighted by Gasteiger charge is -2.23. The number of rotatable bonds is 7. The molecule has 0 aliphatic rings. The molecule has 1 amide bonds. The van der Waals surface area contributed by atoms with Crippen LogP contribution >= 0.6 is 0 Å². The number of amides is 1. The van der Waals surface area contributed by atoms with Gasteiger partial charge < -0.3 is 15.4 Å². The van der Waals surface area contributed by atoms with Gasteiger partial charge in [0.15, 0.2) is 0 Å². The second kappa shape index (κ2) is 7.13. The summed E-state index contributed by atoms with van der Waals surface area (Å²) in [5.74, 6) is -0.00856. The smallest absolute Gasteiger partial charge is 0.234 e. The lowest BCUT2D eigenvalue weighted by molar-refractivity contribution is -0.120. The summed E-state index contributed by atoms with van der Waals surface area (Å²) in [5, 5.41) is 5.94. The van der Waals surface area contributed by atoms with Crippen LogP contribution in [0.3, 0.4) is 0 Å². The Morgan fingerprint density at radius 3 is 2.56 bits per heavy atom. The van der Waals surface area contributed by atoms with E-state index in [4.69, 9.17) is 4.74 Å². The van der Waals surface area contributed by atoms with Gasteiger partial charge in [0.05, 0.1) is 12.1 Å². The number of benzene rings is 1. The van der Waals surface area contributed by atoms with E-state index >= 15 is 0 Å². The van der Waals surface area contributed by atoms with Gasteiger partial charge in [-0.1, -0.05) is 30.3 Å².